The van der Waals surface area contributed by atoms with Gasteiger partial charge in [-0.25, -0.2) is 0 Å². The van der Waals surface area contributed by atoms with Gasteiger partial charge < -0.3 is 10.4 Å². The molecule has 0 bridgehead atoms. The van der Waals surface area contributed by atoms with Gasteiger partial charge in [0.2, 0.25) is 5.91 Å². The van der Waals surface area contributed by atoms with Crippen LogP contribution in [0.3, 0.4) is 0 Å². The maximum atomic E-state index is 11.5. The summed E-state index contributed by atoms with van der Waals surface area (Å²) in [5.41, 5.74) is 2.09. The van der Waals surface area contributed by atoms with Crippen molar-refractivity contribution in [3.63, 3.8) is 0 Å². The zero-order valence-corrected chi connectivity index (χ0v) is 13.9. The van der Waals surface area contributed by atoms with Gasteiger partial charge in [0.1, 0.15) is 5.75 Å². The second-order valence-electron chi connectivity index (χ2n) is 5.84. The molecule has 0 aliphatic carbocycles. The third-order valence-corrected chi connectivity index (χ3v) is 3.75. The van der Waals surface area contributed by atoms with Gasteiger partial charge in [0.05, 0.1) is 0 Å². The lowest BCUT2D eigenvalue weighted by Crippen LogP contribution is -2.23. The van der Waals surface area contributed by atoms with E-state index in [1.807, 2.05) is 6.07 Å². The monoisotopic (exact) mass is 302 g/mol. The van der Waals surface area contributed by atoms with Gasteiger partial charge in [-0.3, -0.25) is 4.79 Å². The number of carbonyl (C=O) groups excluding carboxylic acids is 1. The van der Waals surface area contributed by atoms with Crippen LogP contribution in [0.5, 0.6) is 5.75 Å². The van der Waals surface area contributed by atoms with Crippen molar-refractivity contribution in [1.29, 1.82) is 0 Å². The molecule has 0 heterocycles. The van der Waals surface area contributed by atoms with Crippen LogP contribution in [-0.2, 0) is 17.8 Å². The zero-order chi connectivity index (χ0) is 16.4. The van der Waals surface area contributed by atoms with E-state index in [2.05, 4.69) is 24.9 Å². The lowest BCUT2D eigenvalue weighted by atomic mass is 10.0. The van der Waals surface area contributed by atoms with Gasteiger partial charge in [0, 0.05) is 17.7 Å². The second-order valence-corrected chi connectivity index (χ2v) is 5.84. The number of carbonyl (C=O) groups is 1. The minimum absolute atomic E-state index is 0.194. The zero-order valence-electron chi connectivity index (χ0n) is 13.9. The molecule has 0 fully saturated rings. The van der Waals surface area contributed by atoms with E-state index in [0.29, 0.717) is 17.7 Å². The lowest BCUT2D eigenvalue weighted by molar-refractivity contribution is -0.117. The highest BCUT2D eigenvalue weighted by Gasteiger charge is 2.08. The summed E-state index contributed by atoms with van der Waals surface area (Å²) < 4.78 is 0. The summed E-state index contributed by atoms with van der Waals surface area (Å²) in [6.07, 6.45) is 8.23. The average molecular weight is 302 g/mol. The first-order valence-corrected chi connectivity index (χ1v) is 8.20. The molecule has 121 valence electrons. The normalized spacial score (nSPS) is 10.5. The van der Waals surface area contributed by atoms with Crippen LogP contribution in [0.15, 0.2) is 24.3 Å². The molecule has 1 aromatic rings. The second kappa shape index (κ2) is 10.0. The molecule has 1 aromatic carbocycles. The molecule has 22 heavy (non-hydrogen) atoms. The van der Waals surface area contributed by atoms with Gasteiger partial charge in [-0.05, 0) is 43.5 Å². The van der Waals surface area contributed by atoms with Crippen LogP contribution in [0.2, 0.25) is 0 Å². The number of phenolic OH excluding ortho intramolecular Hbond substituents is 1. The van der Waals surface area contributed by atoms with Crippen LogP contribution in [0, 0.1) is 6.07 Å². The third-order valence-electron chi connectivity index (χ3n) is 3.75. The van der Waals surface area contributed by atoms with Gasteiger partial charge in [0.25, 0.3) is 0 Å². The summed E-state index contributed by atoms with van der Waals surface area (Å²) >= 11 is 0. The van der Waals surface area contributed by atoms with E-state index < -0.39 is 0 Å². The van der Waals surface area contributed by atoms with Gasteiger partial charge >= 0.3 is 0 Å². The van der Waals surface area contributed by atoms with E-state index in [4.69, 9.17) is 0 Å². The lowest BCUT2D eigenvalue weighted by Gasteiger charge is -2.11. The Kier molecular flexibility index (Phi) is 8.34. The first-order valence-electron chi connectivity index (χ1n) is 8.20. The molecule has 3 nitrogen and oxygen atoms in total. The number of aryl methyl sites for hydroxylation is 1. The van der Waals surface area contributed by atoms with Gasteiger partial charge in [0.15, 0.2) is 0 Å². The predicted molar refractivity (Wildman–Crippen MR) is 90.7 cm³/mol. The SMILES string of the molecule is C=C(C)C(=O)NCc1c[c]cc(CCCCCCCC)c1O. The van der Waals surface area contributed by atoms with E-state index >= 15 is 0 Å². The average Bonchev–Trinajstić information content (AvgIpc) is 2.50. The molecule has 2 N–H and O–H groups in total. The molecule has 1 rings (SSSR count). The molecule has 0 saturated heterocycles. The molecule has 0 spiro atoms. The summed E-state index contributed by atoms with van der Waals surface area (Å²) in [6.45, 7) is 7.78. The topological polar surface area (TPSA) is 49.3 Å². The summed E-state index contributed by atoms with van der Waals surface area (Å²) in [4.78, 5) is 11.5. The number of rotatable bonds is 10. The Bertz CT molecular complexity index is 494. The largest absolute Gasteiger partial charge is 0.507 e. The van der Waals surface area contributed by atoms with Crippen LogP contribution >= 0.6 is 0 Å². The van der Waals surface area contributed by atoms with Gasteiger partial charge in [-0.2, -0.15) is 0 Å². The van der Waals surface area contributed by atoms with Crippen LogP contribution in [0.4, 0.5) is 0 Å². The number of amides is 1. The smallest absolute Gasteiger partial charge is 0.246 e. The van der Waals surface area contributed by atoms with E-state index in [1.54, 1.807) is 13.0 Å². The van der Waals surface area contributed by atoms with Crippen LogP contribution in [0.25, 0.3) is 0 Å². The van der Waals surface area contributed by atoms with Crippen LogP contribution in [-0.4, -0.2) is 11.0 Å². The fourth-order valence-electron chi connectivity index (χ4n) is 2.33. The summed E-state index contributed by atoms with van der Waals surface area (Å²) in [5, 5.41) is 13.0. The van der Waals surface area contributed by atoms with Crippen molar-refractivity contribution in [2.24, 2.45) is 0 Å². The highest BCUT2D eigenvalue weighted by atomic mass is 16.3. The van der Waals surface area contributed by atoms with Crippen molar-refractivity contribution in [2.75, 3.05) is 0 Å². The predicted octanol–water partition coefficient (Wildman–Crippen LogP) is 4.29. The van der Waals surface area contributed by atoms with E-state index in [1.165, 1.54) is 32.1 Å². The molecule has 1 amide bonds. The molecule has 3 heteroatoms. The fraction of sp³-hybridized carbons (Fsp3) is 0.526. The Morgan fingerprint density at radius 2 is 1.82 bits per heavy atom. The van der Waals surface area contributed by atoms with Crippen molar-refractivity contribution < 1.29 is 9.90 Å². The molecule has 0 aliphatic rings. The Balaban J connectivity index is 2.46. The minimum Gasteiger partial charge on any atom is -0.507 e. The summed E-state index contributed by atoms with van der Waals surface area (Å²) in [5.74, 6) is 0.0926. The Morgan fingerprint density at radius 3 is 2.50 bits per heavy atom. The molecule has 0 aromatic heterocycles. The Labute approximate surface area is 134 Å². The minimum atomic E-state index is -0.194. The van der Waals surface area contributed by atoms with Crippen molar-refractivity contribution >= 4 is 5.91 Å². The van der Waals surface area contributed by atoms with Gasteiger partial charge in [-0.15, -0.1) is 0 Å². The number of hydrogen-bond donors (Lipinski definition) is 2. The highest BCUT2D eigenvalue weighted by molar-refractivity contribution is 5.92. The van der Waals surface area contributed by atoms with Crippen LogP contribution in [0.1, 0.15) is 63.5 Å². The fourth-order valence-corrected chi connectivity index (χ4v) is 2.33. The highest BCUT2D eigenvalue weighted by Crippen LogP contribution is 2.24. The first kappa shape index (κ1) is 18.3. The maximum absolute atomic E-state index is 11.5. The van der Waals surface area contributed by atoms with E-state index in [-0.39, 0.29) is 11.7 Å². The first-order chi connectivity index (χ1) is 10.6. The van der Waals surface area contributed by atoms with E-state index in [9.17, 15) is 9.90 Å². The van der Waals surface area contributed by atoms with E-state index in [0.717, 1.165) is 18.4 Å². The number of aromatic hydroxyl groups is 1. The molecule has 1 radical (unpaired) electrons. The molecule has 0 saturated carbocycles. The molecular weight excluding hydrogens is 274 g/mol. The number of phenols is 1. The number of hydrogen-bond acceptors (Lipinski definition) is 2. The third kappa shape index (κ3) is 6.33. The molecule has 0 unspecified atom stereocenters. The Hall–Kier alpha value is -1.77. The molecular formula is C19H28NO2. The van der Waals surface area contributed by atoms with Crippen molar-refractivity contribution in [3.8, 4) is 5.75 Å². The van der Waals surface area contributed by atoms with Crippen molar-refractivity contribution in [3.05, 3.63) is 41.5 Å². The van der Waals surface area contributed by atoms with Crippen molar-refractivity contribution in [2.45, 2.75) is 65.3 Å². The number of benzene rings is 1. The molecule has 0 atom stereocenters. The number of unbranched alkanes of at least 4 members (excludes halogenated alkanes) is 5. The van der Waals surface area contributed by atoms with Gasteiger partial charge in [-0.1, -0.05) is 45.6 Å². The standard InChI is InChI=1S/C19H28NO2/c1-4-5-6-7-8-9-11-16-12-10-13-17(18(16)21)14-20-19(22)15(2)3/h12-13,21H,2,4-9,11,14H2,1,3H3,(H,20,22). The number of nitrogens with one attached hydrogen (secondary N) is 1. The quantitative estimate of drug-likeness (QED) is 0.500. The molecule has 0 aliphatic heterocycles. The Morgan fingerprint density at radius 1 is 1.18 bits per heavy atom. The summed E-state index contributed by atoms with van der Waals surface area (Å²) in [7, 11) is 0. The summed E-state index contributed by atoms with van der Waals surface area (Å²) in [6, 6.07) is 6.61. The van der Waals surface area contributed by atoms with Crippen LogP contribution < -0.4 is 5.32 Å². The van der Waals surface area contributed by atoms with Crippen molar-refractivity contribution in [1.82, 2.24) is 5.32 Å². The maximum Gasteiger partial charge on any atom is 0.246 e.